The molecule has 5 aromatic rings. The van der Waals surface area contributed by atoms with Crippen molar-refractivity contribution in [1.82, 2.24) is 24.7 Å². The van der Waals surface area contributed by atoms with Crippen molar-refractivity contribution >= 4 is 39.2 Å². The van der Waals surface area contributed by atoms with Gasteiger partial charge in [0.2, 0.25) is 5.91 Å². The number of amides is 1. The number of carbonyl (C=O) groups excluding carboxylic acids is 1. The first-order valence-corrected chi connectivity index (χ1v) is 15.7. The maximum Gasteiger partial charge on any atom is 0.263 e. The molecule has 5 rings (SSSR count). The third-order valence-corrected chi connectivity index (χ3v) is 8.60. The van der Waals surface area contributed by atoms with E-state index in [1.165, 1.54) is 36.0 Å². The molecule has 2 heterocycles. The van der Waals surface area contributed by atoms with Gasteiger partial charge in [0, 0.05) is 28.7 Å². The van der Waals surface area contributed by atoms with Gasteiger partial charge in [-0.05, 0) is 86.6 Å². The van der Waals surface area contributed by atoms with Crippen molar-refractivity contribution in [2.75, 3.05) is 30.0 Å². The number of nitrogens with zero attached hydrogens (tertiary/aromatic N) is 5. The molecule has 0 saturated heterocycles. The minimum Gasteiger partial charge on any atom is -0.497 e. The first kappa shape index (κ1) is 30.5. The maximum absolute atomic E-state index is 12.9. The van der Waals surface area contributed by atoms with Crippen LogP contribution < -0.4 is 19.5 Å². The third-order valence-electron chi connectivity index (χ3n) is 6.30. The Morgan fingerprint density at radius 2 is 1.50 bits per heavy atom. The van der Waals surface area contributed by atoms with Crippen LogP contribution in [0.1, 0.15) is 11.5 Å². The van der Waals surface area contributed by atoms with Crippen LogP contribution in [0.5, 0.6) is 11.5 Å². The number of rotatable bonds is 11. The van der Waals surface area contributed by atoms with E-state index in [4.69, 9.17) is 9.47 Å². The van der Waals surface area contributed by atoms with Gasteiger partial charge in [-0.15, -0.1) is 10.2 Å². The molecule has 0 aliphatic carbocycles. The first-order chi connectivity index (χ1) is 21.1. The molecule has 0 radical (unpaired) electrons. The van der Waals surface area contributed by atoms with Crippen LogP contribution in [0.2, 0.25) is 0 Å². The SMILES string of the molecule is COc1ccc(-c2nnc(SCC(=O)Nc3ccc(S(=O)(=O)Nc4cc(C)nc(C)n4)cc3)n2-c2ccc(OC)cc2)cc1. The number of carbonyl (C=O) groups is 1. The molecule has 0 aliphatic rings. The molecular formula is C30H29N7O5S2. The van der Waals surface area contributed by atoms with E-state index >= 15 is 0 Å². The average Bonchev–Trinajstić information content (AvgIpc) is 3.43. The largest absolute Gasteiger partial charge is 0.497 e. The molecule has 3 aromatic carbocycles. The van der Waals surface area contributed by atoms with Crippen molar-refractivity contribution < 1.29 is 22.7 Å². The lowest BCUT2D eigenvalue weighted by atomic mass is 10.2. The normalized spacial score (nSPS) is 11.2. The molecule has 12 nitrogen and oxygen atoms in total. The second-order valence-corrected chi connectivity index (χ2v) is 12.1. The topological polar surface area (TPSA) is 150 Å². The number of sulfonamides is 1. The molecule has 2 N–H and O–H groups in total. The lowest BCUT2D eigenvalue weighted by Crippen LogP contribution is -2.16. The summed E-state index contributed by atoms with van der Waals surface area (Å²) in [5, 5.41) is 12.1. The number of ether oxygens (including phenoxy) is 2. The molecular weight excluding hydrogens is 603 g/mol. The Labute approximate surface area is 258 Å². The van der Waals surface area contributed by atoms with Gasteiger partial charge in [-0.25, -0.2) is 18.4 Å². The van der Waals surface area contributed by atoms with Crippen molar-refractivity contribution in [3.63, 3.8) is 0 Å². The molecule has 0 aliphatic heterocycles. The van der Waals surface area contributed by atoms with Crippen molar-refractivity contribution in [2.24, 2.45) is 0 Å². The van der Waals surface area contributed by atoms with Crippen LogP contribution in [0, 0.1) is 13.8 Å². The summed E-state index contributed by atoms with van der Waals surface area (Å²) in [5.41, 5.74) is 2.70. The van der Waals surface area contributed by atoms with E-state index in [2.05, 4.69) is 30.2 Å². The Hall–Kier alpha value is -4.95. The van der Waals surface area contributed by atoms with Gasteiger partial charge in [0.1, 0.15) is 23.1 Å². The lowest BCUT2D eigenvalue weighted by molar-refractivity contribution is -0.113. The zero-order chi connectivity index (χ0) is 31.3. The van der Waals surface area contributed by atoms with Crippen molar-refractivity contribution in [3.8, 4) is 28.6 Å². The summed E-state index contributed by atoms with van der Waals surface area (Å²) in [6, 6.07) is 22.3. The van der Waals surface area contributed by atoms with Crippen LogP contribution in [0.15, 0.2) is 88.9 Å². The fourth-order valence-corrected chi connectivity index (χ4v) is 6.01. The average molecular weight is 632 g/mol. The predicted octanol–water partition coefficient (Wildman–Crippen LogP) is 4.89. The van der Waals surface area contributed by atoms with E-state index in [9.17, 15) is 13.2 Å². The van der Waals surface area contributed by atoms with Crippen LogP contribution in [-0.2, 0) is 14.8 Å². The Morgan fingerprint density at radius 3 is 2.11 bits per heavy atom. The van der Waals surface area contributed by atoms with Crippen molar-refractivity contribution in [2.45, 2.75) is 23.9 Å². The van der Waals surface area contributed by atoms with Gasteiger partial charge in [-0.2, -0.15) is 0 Å². The van der Waals surface area contributed by atoms with Gasteiger partial charge < -0.3 is 14.8 Å². The second-order valence-electron chi connectivity index (χ2n) is 9.48. The summed E-state index contributed by atoms with van der Waals surface area (Å²) in [6.07, 6.45) is 0. The number of nitrogens with one attached hydrogen (secondary N) is 2. The van der Waals surface area contributed by atoms with Crippen molar-refractivity contribution in [1.29, 1.82) is 0 Å². The minimum absolute atomic E-state index is 0.0254. The van der Waals surface area contributed by atoms with E-state index in [0.717, 1.165) is 11.3 Å². The van der Waals surface area contributed by atoms with Gasteiger partial charge in [0.25, 0.3) is 10.0 Å². The predicted molar refractivity (Wildman–Crippen MR) is 168 cm³/mol. The standard InChI is InChI=1S/C30H29N7O5S2/c1-19-17-27(32-20(2)31-19)36-44(39,40)26-15-7-22(8-16-26)33-28(38)18-43-30-35-34-29(21-5-11-24(41-3)12-6-21)37(30)23-9-13-25(42-4)14-10-23/h5-17H,18H2,1-4H3,(H,33,38)(H,31,32,36). The first-order valence-electron chi connectivity index (χ1n) is 13.3. The number of aryl methyl sites for hydroxylation is 2. The highest BCUT2D eigenvalue weighted by Gasteiger charge is 2.19. The molecule has 44 heavy (non-hydrogen) atoms. The molecule has 2 aromatic heterocycles. The van der Waals surface area contributed by atoms with Crippen molar-refractivity contribution in [3.05, 3.63) is 90.4 Å². The summed E-state index contributed by atoms with van der Waals surface area (Å²) < 4.78 is 40.6. The Kier molecular flexibility index (Phi) is 9.11. The fourth-order valence-electron chi connectivity index (χ4n) is 4.26. The number of methoxy groups -OCH3 is 2. The number of hydrogen-bond donors (Lipinski definition) is 2. The molecule has 0 spiro atoms. The van der Waals surface area contributed by atoms with Crippen LogP contribution in [-0.4, -0.2) is 59.0 Å². The van der Waals surface area contributed by atoms with Crippen LogP contribution in [0.3, 0.4) is 0 Å². The highest BCUT2D eigenvalue weighted by atomic mass is 32.2. The number of aromatic nitrogens is 5. The van der Waals surface area contributed by atoms with E-state index in [1.807, 2.05) is 53.1 Å². The second kappa shape index (κ2) is 13.1. The molecule has 226 valence electrons. The fraction of sp³-hybridized carbons (Fsp3) is 0.167. The molecule has 1 amide bonds. The zero-order valence-corrected chi connectivity index (χ0v) is 25.9. The molecule has 0 atom stereocenters. The summed E-state index contributed by atoms with van der Waals surface area (Å²) in [7, 11) is -0.687. The molecule has 0 unspecified atom stereocenters. The monoisotopic (exact) mass is 631 g/mol. The van der Waals surface area contributed by atoms with Gasteiger partial charge in [0.05, 0.1) is 24.9 Å². The minimum atomic E-state index is -3.89. The highest BCUT2D eigenvalue weighted by Crippen LogP contribution is 2.30. The van der Waals surface area contributed by atoms with Gasteiger partial charge >= 0.3 is 0 Å². The van der Waals surface area contributed by atoms with Crippen LogP contribution >= 0.6 is 11.8 Å². The number of benzene rings is 3. The summed E-state index contributed by atoms with van der Waals surface area (Å²) in [5.74, 6) is 2.39. The van der Waals surface area contributed by atoms with Crippen LogP contribution in [0.25, 0.3) is 17.1 Å². The Bertz CT molecular complexity index is 1860. The summed E-state index contributed by atoms with van der Waals surface area (Å²) in [4.78, 5) is 21.2. The maximum atomic E-state index is 12.9. The Morgan fingerprint density at radius 1 is 0.864 bits per heavy atom. The summed E-state index contributed by atoms with van der Waals surface area (Å²) >= 11 is 1.22. The molecule has 14 heteroatoms. The molecule has 0 saturated carbocycles. The van der Waals surface area contributed by atoms with E-state index in [-0.39, 0.29) is 22.4 Å². The molecule has 0 fully saturated rings. The smallest absolute Gasteiger partial charge is 0.263 e. The number of anilines is 2. The lowest BCUT2D eigenvalue weighted by Gasteiger charge is -2.12. The van der Waals surface area contributed by atoms with E-state index in [0.29, 0.717) is 39.7 Å². The number of thioether (sulfide) groups is 1. The van der Waals surface area contributed by atoms with Gasteiger partial charge in [-0.1, -0.05) is 11.8 Å². The quantitative estimate of drug-likeness (QED) is 0.193. The number of hydrogen-bond acceptors (Lipinski definition) is 10. The van der Waals surface area contributed by atoms with Gasteiger partial charge in [-0.3, -0.25) is 14.1 Å². The van der Waals surface area contributed by atoms with Crippen LogP contribution in [0.4, 0.5) is 11.5 Å². The molecule has 0 bridgehead atoms. The Balaban J connectivity index is 1.29. The van der Waals surface area contributed by atoms with E-state index in [1.54, 1.807) is 34.1 Å². The summed E-state index contributed by atoms with van der Waals surface area (Å²) in [6.45, 7) is 3.44. The van der Waals surface area contributed by atoms with Gasteiger partial charge in [0.15, 0.2) is 11.0 Å². The zero-order valence-electron chi connectivity index (χ0n) is 24.3. The third kappa shape index (κ3) is 7.15. The van der Waals surface area contributed by atoms with E-state index < -0.39 is 10.0 Å². The highest BCUT2D eigenvalue weighted by molar-refractivity contribution is 7.99.